The van der Waals surface area contributed by atoms with Crippen LogP contribution in [-0.4, -0.2) is 37.2 Å². The van der Waals surface area contributed by atoms with E-state index >= 15 is 0 Å². The number of aliphatic hydroxyl groups is 1. The number of hydrogen-bond donors (Lipinski definition) is 1. The molecule has 0 bridgehead atoms. The Hall–Kier alpha value is -0.370. The van der Waals surface area contributed by atoms with Gasteiger partial charge in [0, 0.05) is 5.02 Å². The Bertz CT molecular complexity index is 534. The fourth-order valence-corrected chi connectivity index (χ4v) is 3.42. The Kier molecular flexibility index (Phi) is 3.63. The molecule has 5 nitrogen and oxygen atoms in total. The standard InChI is InChI=1S/C9H9Cl2NO4S/c10-6-1-2-8(11)9(3-6)17(14,15)12-4-7(13)5-16-12/h1-3,7,13H,4-5H2. The molecule has 1 unspecified atom stereocenters. The quantitative estimate of drug-likeness (QED) is 0.893. The summed E-state index contributed by atoms with van der Waals surface area (Å²) >= 11 is 11.5. The number of sulfonamides is 1. The lowest BCUT2D eigenvalue weighted by molar-refractivity contribution is -0.0316. The first kappa shape index (κ1) is 13.1. The van der Waals surface area contributed by atoms with Crippen LogP contribution >= 0.6 is 23.2 Å². The van der Waals surface area contributed by atoms with Gasteiger partial charge in [0.15, 0.2) is 0 Å². The van der Waals surface area contributed by atoms with Crippen LogP contribution in [0.3, 0.4) is 0 Å². The molecular formula is C9H9Cl2NO4S. The van der Waals surface area contributed by atoms with E-state index in [0.29, 0.717) is 0 Å². The monoisotopic (exact) mass is 297 g/mol. The molecule has 1 atom stereocenters. The van der Waals surface area contributed by atoms with Crippen LogP contribution in [0, 0.1) is 0 Å². The van der Waals surface area contributed by atoms with E-state index in [2.05, 4.69) is 0 Å². The zero-order valence-corrected chi connectivity index (χ0v) is 10.8. The molecule has 8 heteroatoms. The number of halogens is 2. The lowest BCUT2D eigenvalue weighted by Crippen LogP contribution is -2.28. The average Bonchev–Trinajstić information content (AvgIpc) is 2.69. The van der Waals surface area contributed by atoms with E-state index < -0.39 is 16.1 Å². The molecule has 1 fully saturated rings. The number of β-amino-alcohol motifs (C(OH)–C–C–N with tert-alkyl or cyclic N) is 1. The molecule has 1 N–H and O–H groups in total. The first-order valence-corrected chi connectivity index (χ1v) is 6.89. The summed E-state index contributed by atoms with van der Waals surface area (Å²) in [6.07, 6.45) is -0.831. The first-order valence-electron chi connectivity index (χ1n) is 4.70. The maximum absolute atomic E-state index is 12.1. The lowest BCUT2D eigenvalue weighted by Gasteiger charge is -2.15. The third-order valence-electron chi connectivity index (χ3n) is 2.21. The summed E-state index contributed by atoms with van der Waals surface area (Å²) in [6, 6.07) is 4.12. The second-order valence-electron chi connectivity index (χ2n) is 3.51. The second kappa shape index (κ2) is 4.72. The number of benzene rings is 1. The van der Waals surface area contributed by atoms with Crippen LogP contribution in [0.15, 0.2) is 23.1 Å². The summed E-state index contributed by atoms with van der Waals surface area (Å²) in [4.78, 5) is 4.73. The summed E-state index contributed by atoms with van der Waals surface area (Å²) in [7, 11) is -3.89. The Balaban J connectivity index is 2.41. The molecule has 94 valence electrons. The molecule has 1 aliphatic rings. The van der Waals surface area contributed by atoms with Crippen molar-refractivity contribution in [3.63, 3.8) is 0 Å². The minimum atomic E-state index is -3.89. The zero-order chi connectivity index (χ0) is 12.6. The number of hydrogen-bond acceptors (Lipinski definition) is 4. The van der Waals surface area contributed by atoms with E-state index in [1.54, 1.807) is 0 Å². The molecule has 0 aliphatic carbocycles. The highest BCUT2D eigenvalue weighted by atomic mass is 35.5. The summed E-state index contributed by atoms with van der Waals surface area (Å²) < 4.78 is 24.9. The van der Waals surface area contributed by atoms with Gasteiger partial charge < -0.3 is 5.11 Å². The molecule has 1 heterocycles. The smallest absolute Gasteiger partial charge is 0.266 e. The Morgan fingerprint density at radius 3 is 2.71 bits per heavy atom. The molecule has 1 aliphatic heterocycles. The van der Waals surface area contributed by atoms with Gasteiger partial charge >= 0.3 is 0 Å². The van der Waals surface area contributed by atoms with E-state index in [0.717, 1.165) is 4.47 Å². The lowest BCUT2D eigenvalue weighted by atomic mass is 10.4. The Morgan fingerprint density at radius 1 is 1.41 bits per heavy atom. The van der Waals surface area contributed by atoms with Gasteiger partial charge in [0.05, 0.1) is 24.3 Å². The normalized spacial score (nSPS) is 21.9. The van der Waals surface area contributed by atoms with Gasteiger partial charge in [0.1, 0.15) is 4.90 Å². The third kappa shape index (κ3) is 2.57. The van der Waals surface area contributed by atoms with Gasteiger partial charge in [-0.05, 0) is 18.2 Å². The van der Waals surface area contributed by atoms with Crippen molar-refractivity contribution < 1.29 is 18.4 Å². The summed E-state index contributed by atoms with van der Waals surface area (Å²) in [5.74, 6) is 0. The third-order valence-corrected chi connectivity index (χ3v) is 4.57. The first-order chi connectivity index (χ1) is 7.91. The van der Waals surface area contributed by atoms with Crippen molar-refractivity contribution in [3.8, 4) is 0 Å². The van der Waals surface area contributed by atoms with Gasteiger partial charge in [-0.2, -0.15) is 0 Å². The van der Waals surface area contributed by atoms with Crippen molar-refractivity contribution >= 4 is 33.2 Å². The number of aliphatic hydroxyl groups excluding tert-OH is 1. The number of rotatable bonds is 2. The van der Waals surface area contributed by atoms with Gasteiger partial charge in [-0.15, -0.1) is 0 Å². The van der Waals surface area contributed by atoms with Crippen molar-refractivity contribution in [2.75, 3.05) is 13.2 Å². The van der Waals surface area contributed by atoms with Crippen molar-refractivity contribution in [2.24, 2.45) is 0 Å². The van der Waals surface area contributed by atoms with Crippen LogP contribution in [0.1, 0.15) is 0 Å². The molecule has 0 amide bonds. The van der Waals surface area contributed by atoms with E-state index in [1.807, 2.05) is 0 Å². The van der Waals surface area contributed by atoms with Gasteiger partial charge in [0.25, 0.3) is 10.0 Å². The van der Waals surface area contributed by atoms with Gasteiger partial charge in [0.2, 0.25) is 0 Å². The molecular weight excluding hydrogens is 289 g/mol. The SMILES string of the molecule is O=S(=O)(c1cc(Cl)ccc1Cl)N1CC(O)CO1. The van der Waals surface area contributed by atoms with E-state index in [1.165, 1.54) is 18.2 Å². The molecule has 17 heavy (non-hydrogen) atoms. The molecule has 1 aromatic rings. The predicted octanol–water partition coefficient (Wildman–Crippen LogP) is 1.29. The van der Waals surface area contributed by atoms with Gasteiger partial charge in [-0.1, -0.05) is 27.7 Å². The predicted molar refractivity (Wildman–Crippen MR) is 62.3 cm³/mol. The van der Waals surface area contributed by atoms with Crippen molar-refractivity contribution in [3.05, 3.63) is 28.2 Å². The molecule has 1 saturated heterocycles. The van der Waals surface area contributed by atoms with Crippen LogP contribution < -0.4 is 0 Å². The summed E-state index contributed by atoms with van der Waals surface area (Å²) in [6.45, 7) is -0.178. The number of hydroxylamine groups is 1. The molecule has 2 rings (SSSR count). The van der Waals surface area contributed by atoms with Crippen LogP contribution in [0.5, 0.6) is 0 Å². The van der Waals surface area contributed by atoms with Crippen LogP contribution in [0.2, 0.25) is 10.0 Å². The minimum Gasteiger partial charge on any atom is -0.389 e. The Labute approximate surface area is 109 Å². The highest BCUT2D eigenvalue weighted by Crippen LogP contribution is 2.29. The highest BCUT2D eigenvalue weighted by Gasteiger charge is 2.34. The average molecular weight is 298 g/mol. The Morgan fingerprint density at radius 2 is 2.12 bits per heavy atom. The molecule has 1 aromatic carbocycles. The van der Waals surface area contributed by atoms with Crippen molar-refractivity contribution in [2.45, 2.75) is 11.0 Å². The zero-order valence-electron chi connectivity index (χ0n) is 8.51. The summed E-state index contributed by atoms with van der Waals surface area (Å²) in [5.41, 5.74) is 0. The van der Waals surface area contributed by atoms with Crippen LogP contribution in [0.4, 0.5) is 0 Å². The minimum absolute atomic E-state index is 0.0550. The number of nitrogens with zero attached hydrogens (tertiary/aromatic N) is 1. The van der Waals surface area contributed by atoms with E-state index in [4.69, 9.17) is 28.0 Å². The fourth-order valence-electron chi connectivity index (χ4n) is 1.40. The van der Waals surface area contributed by atoms with Crippen LogP contribution in [-0.2, 0) is 14.9 Å². The second-order valence-corrected chi connectivity index (χ2v) is 6.16. The summed E-state index contributed by atoms with van der Waals surface area (Å²) in [5, 5.41) is 9.56. The fraction of sp³-hybridized carbons (Fsp3) is 0.333. The molecule has 0 aromatic heterocycles. The van der Waals surface area contributed by atoms with Gasteiger partial charge in [-0.3, -0.25) is 4.84 Å². The van der Waals surface area contributed by atoms with Crippen LogP contribution in [0.25, 0.3) is 0 Å². The van der Waals surface area contributed by atoms with E-state index in [-0.39, 0.29) is 28.1 Å². The maximum atomic E-state index is 12.1. The molecule has 0 radical (unpaired) electrons. The van der Waals surface area contributed by atoms with Crippen molar-refractivity contribution in [1.82, 2.24) is 4.47 Å². The molecule has 0 saturated carbocycles. The van der Waals surface area contributed by atoms with Gasteiger partial charge in [-0.25, -0.2) is 8.42 Å². The maximum Gasteiger partial charge on any atom is 0.266 e. The van der Waals surface area contributed by atoms with Crippen molar-refractivity contribution in [1.29, 1.82) is 0 Å². The topological polar surface area (TPSA) is 66.8 Å². The highest BCUT2D eigenvalue weighted by molar-refractivity contribution is 7.89. The van der Waals surface area contributed by atoms with E-state index in [9.17, 15) is 13.5 Å². The molecule has 0 spiro atoms. The largest absolute Gasteiger partial charge is 0.389 e.